The number of hydrogen-bond acceptors (Lipinski definition) is 2. The summed E-state index contributed by atoms with van der Waals surface area (Å²) in [6, 6.07) is 4.06. The van der Waals surface area contributed by atoms with Gasteiger partial charge in [-0.2, -0.15) is 0 Å². The lowest BCUT2D eigenvalue weighted by atomic mass is 10.0. The average Bonchev–Trinajstić information content (AvgIpc) is 2.40. The summed E-state index contributed by atoms with van der Waals surface area (Å²) in [6.07, 6.45) is 1.71. The van der Waals surface area contributed by atoms with Gasteiger partial charge < -0.3 is 15.4 Å². The molecule has 106 valence electrons. The van der Waals surface area contributed by atoms with E-state index in [0.29, 0.717) is 13.1 Å². The number of nitrogens with one attached hydrogen (secondary N) is 2. The molecule has 0 aliphatic rings. The van der Waals surface area contributed by atoms with Crippen molar-refractivity contribution in [1.82, 2.24) is 10.6 Å². The number of benzene rings is 1. The maximum atomic E-state index is 11.4. The molecule has 0 unspecified atom stereocenters. The van der Waals surface area contributed by atoms with Crippen molar-refractivity contribution in [2.45, 2.75) is 33.6 Å². The van der Waals surface area contributed by atoms with E-state index < -0.39 is 0 Å². The van der Waals surface area contributed by atoms with Crippen LogP contribution in [-0.2, 0) is 6.42 Å². The zero-order valence-electron chi connectivity index (χ0n) is 12.3. The van der Waals surface area contributed by atoms with Crippen LogP contribution in [0.2, 0.25) is 0 Å². The molecule has 0 heterocycles. The molecule has 0 saturated heterocycles. The fraction of sp³-hybridized carbons (Fsp3) is 0.533. The molecule has 1 rings (SSSR count). The highest BCUT2D eigenvalue weighted by Crippen LogP contribution is 2.23. The molecule has 0 spiro atoms. The molecule has 2 amide bonds. The van der Waals surface area contributed by atoms with Crippen LogP contribution >= 0.6 is 0 Å². The van der Waals surface area contributed by atoms with Crippen LogP contribution in [0.5, 0.6) is 5.75 Å². The number of ether oxygens (including phenoxy) is 1. The van der Waals surface area contributed by atoms with Gasteiger partial charge in [-0.25, -0.2) is 4.79 Å². The molecule has 0 fully saturated rings. The molecule has 0 saturated carbocycles. The second-order valence-corrected chi connectivity index (χ2v) is 4.68. The van der Waals surface area contributed by atoms with Gasteiger partial charge >= 0.3 is 6.03 Å². The van der Waals surface area contributed by atoms with Crippen LogP contribution in [0.4, 0.5) is 4.79 Å². The molecule has 0 radical (unpaired) electrons. The van der Waals surface area contributed by atoms with Crippen LogP contribution in [0, 0.1) is 13.8 Å². The topological polar surface area (TPSA) is 50.4 Å². The summed E-state index contributed by atoms with van der Waals surface area (Å²) in [7, 11) is 1.68. The Morgan fingerprint density at radius 3 is 2.42 bits per heavy atom. The van der Waals surface area contributed by atoms with Crippen molar-refractivity contribution in [3.8, 4) is 5.75 Å². The van der Waals surface area contributed by atoms with Gasteiger partial charge in [0.05, 0.1) is 7.11 Å². The van der Waals surface area contributed by atoms with Gasteiger partial charge in [0.25, 0.3) is 0 Å². The molecule has 4 heteroatoms. The summed E-state index contributed by atoms with van der Waals surface area (Å²) >= 11 is 0. The highest BCUT2D eigenvalue weighted by molar-refractivity contribution is 5.73. The first-order valence-electron chi connectivity index (χ1n) is 6.74. The normalized spacial score (nSPS) is 10.1. The second kappa shape index (κ2) is 7.67. The van der Waals surface area contributed by atoms with E-state index in [0.717, 1.165) is 24.2 Å². The molecular formula is C15H24N2O2. The molecule has 0 aliphatic carbocycles. The van der Waals surface area contributed by atoms with E-state index in [4.69, 9.17) is 4.74 Å². The minimum atomic E-state index is -0.107. The third kappa shape index (κ3) is 4.81. The Bertz CT molecular complexity index is 430. The first-order valence-corrected chi connectivity index (χ1v) is 6.74. The standard InChI is InChI=1S/C15H24N2O2/c1-5-7-16-15(18)17-8-6-13-9-11(2)12(3)10-14(13)19-4/h9-10H,5-8H2,1-4H3,(H2,16,17,18). The van der Waals surface area contributed by atoms with Crippen molar-refractivity contribution in [1.29, 1.82) is 0 Å². The minimum Gasteiger partial charge on any atom is -0.496 e. The fourth-order valence-electron chi connectivity index (χ4n) is 1.85. The van der Waals surface area contributed by atoms with Crippen molar-refractivity contribution in [2.24, 2.45) is 0 Å². The lowest BCUT2D eigenvalue weighted by Crippen LogP contribution is -2.36. The molecule has 2 N–H and O–H groups in total. The van der Waals surface area contributed by atoms with E-state index in [9.17, 15) is 4.79 Å². The summed E-state index contributed by atoms with van der Waals surface area (Å²) < 4.78 is 5.38. The Hall–Kier alpha value is -1.71. The largest absolute Gasteiger partial charge is 0.496 e. The molecule has 1 aromatic rings. The Balaban J connectivity index is 2.53. The molecule has 4 nitrogen and oxygen atoms in total. The highest BCUT2D eigenvalue weighted by Gasteiger charge is 2.06. The summed E-state index contributed by atoms with van der Waals surface area (Å²) in [4.78, 5) is 11.4. The zero-order chi connectivity index (χ0) is 14.3. The quantitative estimate of drug-likeness (QED) is 0.829. The Morgan fingerprint density at radius 2 is 1.79 bits per heavy atom. The predicted octanol–water partition coefficient (Wildman–Crippen LogP) is 2.56. The van der Waals surface area contributed by atoms with Gasteiger partial charge in [-0.3, -0.25) is 0 Å². The molecule has 0 atom stereocenters. The fourth-order valence-corrected chi connectivity index (χ4v) is 1.85. The smallest absolute Gasteiger partial charge is 0.314 e. The zero-order valence-corrected chi connectivity index (χ0v) is 12.3. The van der Waals surface area contributed by atoms with E-state index in [2.05, 4.69) is 30.5 Å². The van der Waals surface area contributed by atoms with E-state index in [1.54, 1.807) is 7.11 Å². The summed E-state index contributed by atoms with van der Waals surface area (Å²) in [6.45, 7) is 7.49. The van der Waals surface area contributed by atoms with Crippen molar-refractivity contribution in [2.75, 3.05) is 20.2 Å². The van der Waals surface area contributed by atoms with Gasteiger partial charge in [-0.1, -0.05) is 13.0 Å². The maximum Gasteiger partial charge on any atom is 0.314 e. The number of aryl methyl sites for hydroxylation is 2. The van der Waals surface area contributed by atoms with Crippen molar-refractivity contribution >= 4 is 6.03 Å². The van der Waals surface area contributed by atoms with Gasteiger partial charge in [0.2, 0.25) is 0 Å². The van der Waals surface area contributed by atoms with Gasteiger partial charge in [-0.05, 0) is 49.4 Å². The van der Waals surface area contributed by atoms with Crippen LogP contribution < -0.4 is 15.4 Å². The van der Waals surface area contributed by atoms with Gasteiger partial charge in [0, 0.05) is 13.1 Å². The molecule has 0 aliphatic heterocycles. The summed E-state index contributed by atoms with van der Waals surface area (Å²) in [5, 5.41) is 5.63. The summed E-state index contributed by atoms with van der Waals surface area (Å²) in [5.74, 6) is 0.888. The number of carbonyl (C=O) groups is 1. The van der Waals surface area contributed by atoms with Crippen LogP contribution in [-0.4, -0.2) is 26.2 Å². The maximum absolute atomic E-state index is 11.4. The first kappa shape index (κ1) is 15.3. The second-order valence-electron chi connectivity index (χ2n) is 4.68. The molecule has 0 aromatic heterocycles. The lowest BCUT2D eigenvalue weighted by molar-refractivity contribution is 0.241. The number of urea groups is 1. The number of rotatable bonds is 6. The van der Waals surface area contributed by atoms with Crippen molar-refractivity contribution in [3.63, 3.8) is 0 Å². The summed E-state index contributed by atoms with van der Waals surface area (Å²) in [5.41, 5.74) is 3.59. The van der Waals surface area contributed by atoms with Crippen LogP contribution in [0.25, 0.3) is 0 Å². The van der Waals surface area contributed by atoms with Crippen LogP contribution in [0.15, 0.2) is 12.1 Å². The minimum absolute atomic E-state index is 0.107. The third-order valence-corrected chi connectivity index (χ3v) is 3.11. The SMILES string of the molecule is CCCNC(=O)NCCc1cc(C)c(C)cc1OC. The molecule has 0 bridgehead atoms. The van der Waals surface area contributed by atoms with E-state index in [1.165, 1.54) is 11.1 Å². The monoisotopic (exact) mass is 264 g/mol. The van der Waals surface area contributed by atoms with Gasteiger partial charge in [-0.15, -0.1) is 0 Å². The predicted molar refractivity (Wildman–Crippen MR) is 77.9 cm³/mol. The molecular weight excluding hydrogens is 240 g/mol. The number of hydrogen-bond donors (Lipinski definition) is 2. The molecule has 1 aromatic carbocycles. The Kier molecular flexibility index (Phi) is 6.19. The Labute approximate surface area is 115 Å². The van der Waals surface area contributed by atoms with Crippen LogP contribution in [0.3, 0.4) is 0 Å². The lowest BCUT2D eigenvalue weighted by Gasteiger charge is -2.12. The van der Waals surface area contributed by atoms with E-state index in [1.807, 2.05) is 13.0 Å². The first-order chi connectivity index (χ1) is 9.08. The Morgan fingerprint density at radius 1 is 1.16 bits per heavy atom. The van der Waals surface area contributed by atoms with E-state index in [-0.39, 0.29) is 6.03 Å². The van der Waals surface area contributed by atoms with Crippen molar-refractivity contribution in [3.05, 3.63) is 28.8 Å². The van der Waals surface area contributed by atoms with Crippen molar-refractivity contribution < 1.29 is 9.53 Å². The molecule has 19 heavy (non-hydrogen) atoms. The number of methoxy groups -OCH3 is 1. The van der Waals surface area contributed by atoms with E-state index >= 15 is 0 Å². The van der Waals surface area contributed by atoms with Crippen LogP contribution in [0.1, 0.15) is 30.0 Å². The number of amides is 2. The van der Waals surface area contributed by atoms with Gasteiger partial charge in [0.1, 0.15) is 5.75 Å². The average molecular weight is 264 g/mol. The number of carbonyl (C=O) groups excluding carboxylic acids is 1. The highest BCUT2D eigenvalue weighted by atomic mass is 16.5. The van der Waals surface area contributed by atoms with Gasteiger partial charge in [0.15, 0.2) is 0 Å². The third-order valence-electron chi connectivity index (χ3n) is 3.11.